The second-order valence-corrected chi connectivity index (χ2v) is 6.96. The van der Waals surface area contributed by atoms with E-state index in [1.165, 1.54) is 0 Å². The average molecular weight is 283 g/mol. The third-order valence-corrected chi connectivity index (χ3v) is 4.89. The first-order valence-corrected chi connectivity index (χ1v) is 8.05. The van der Waals surface area contributed by atoms with Crippen molar-refractivity contribution in [1.29, 1.82) is 0 Å². The number of anilines is 1. The molecule has 104 valence electrons. The molecule has 1 fully saturated rings. The molecular weight excluding hydrogens is 266 g/mol. The van der Waals surface area contributed by atoms with Gasteiger partial charge in [-0.15, -0.1) is 0 Å². The molecule has 2 rings (SSSR count). The highest BCUT2D eigenvalue weighted by Gasteiger charge is 2.22. The number of nitrogens with zero attached hydrogens (tertiary/aromatic N) is 1. The maximum atomic E-state index is 11.4. The van der Waals surface area contributed by atoms with Crippen LogP contribution < -0.4 is 4.90 Å². The summed E-state index contributed by atoms with van der Waals surface area (Å²) in [5.41, 5.74) is 1.92. The lowest BCUT2D eigenvalue weighted by Crippen LogP contribution is -2.40. The number of sulfone groups is 1. The summed E-state index contributed by atoms with van der Waals surface area (Å²) in [7, 11) is -2.90. The number of benzene rings is 1. The van der Waals surface area contributed by atoms with Gasteiger partial charge in [-0.25, -0.2) is 8.42 Å². The summed E-state index contributed by atoms with van der Waals surface area (Å²) in [4.78, 5) is 12.7. The van der Waals surface area contributed by atoms with Crippen LogP contribution in [0.25, 0.3) is 0 Å². The van der Waals surface area contributed by atoms with E-state index in [0.29, 0.717) is 19.5 Å². The van der Waals surface area contributed by atoms with Gasteiger partial charge in [-0.3, -0.25) is 4.79 Å². The van der Waals surface area contributed by atoms with Gasteiger partial charge in [-0.05, 0) is 18.1 Å². The molecule has 1 N–H and O–H groups in total. The number of carboxylic acids is 1. The Morgan fingerprint density at radius 1 is 1.21 bits per heavy atom. The van der Waals surface area contributed by atoms with Crippen molar-refractivity contribution in [3.8, 4) is 0 Å². The Labute approximate surface area is 112 Å². The Morgan fingerprint density at radius 2 is 1.84 bits per heavy atom. The number of aryl methyl sites for hydroxylation is 1. The fourth-order valence-corrected chi connectivity index (χ4v) is 3.43. The van der Waals surface area contributed by atoms with Gasteiger partial charge in [0.1, 0.15) is 0 Å². The summed E-state index contributed by atoms with van der Waals surface area (Å²) in [5, 5.41) is 8.75. The van der Waals surface area contributed by atoms with Crippen LogP contribution in [0.2, 0.25) is 0 Å². The SMILES string of the molecule is O=C(O)CCc1ccccc1N1CCS(=O)(=O)CC1. The number of carboxylic acid groups (broad SMARTS) is 1. The second-order valence-electron chi connectivity index (χ2n) is 4.66. The van der Waals surface area contributed by atoms with E-state index in [1.807, 2.05) is 29.2 Å². The predicted molar refractivity (Wildman–Crippen MR) is 73.3 cm³/mol. The molecule has 0 bridgehead atoms. The zero-order valence-corrected chi connectivity index (χ0v) is 11.4. The van der Waals surface area contributed by atoms with Gasteiger partial charge in [0.2, 0.25) is 0 Å². The molecule has 1 saturated heterocycles. The first-order chi connectivity index (χ1) is 8.98. The van der Waals surface area contributed by atoms with E-state index >= 15 is 0 Å². The zero-order chi connectivity index (χ0) is 13.9. The molecular formula is C13H17NO4S. The van der Waals surface area contributed by atoms with E-state index in [9.17, 15) is 13.2 Å². The van der Waals surface area contributed by atoms with Gasteiger partial charge in [0.05, 0.1) is 11.5 Å². The van der Waals surface area contributed by atoms with Crippen molar-refractivity contribution < 1.29 is 18.3 Å². The minimum atomic E-state index is -2.90. The third-order valence-electron chi connectivity index (χ3n) is 3.28. The van der Waals surface area contributed by atoms with Crippen LogP contribution in [0.4, 0.5) is 5.69 Å². The Bertz CT molecular complexity index is 554. The Morgan fingerprint density at radius 3 is 2.47 bits per heavy atom. The van der Waals surface area contributed by atoms with Crippen LogP contribution >= 0.6 is 0 Å². The van der Waals surface area contributed by atoms with Gasteiger partial charge in [0, 0.05) is 25.2 Å². The quantitative estimate of drug-likeness (QED) is 0.890. The Balaban J connectivity index is 2.13. The van der Waals surface area contributed by atoms with Gasteiger partial charge in [-0.1, -0.05) is 18.2 Å². The molecule has 0 amide bonds. The fourth-order valence-electron chi connectivity index (χ4n) is 2.23. The van der Waals surface area contributed by atoms with Crippen LogP contribution in [0.5, 0.6) is 0 Å². The number of para-hydroxylation sites is 1. The summed E-state index contributed by atoms with van der Waals surface area (Å²) < 4.78 is 22.8. The average Bonchev–Trinajstić information content (AvgIpc) is 2.37. The van der Waals surface area contributed by atoms with Gasteiger partial charge < -0.3 is 10.0 Å². The first kappa shape index (κ1) is 13.9. The van der Waals surface area contributed by atoms with Crippen LogP contribution in [-0.2, 0) is 21.1 Å². The van der Waals surface area contributed by atoms with Crippen LogP contribution in [0.15, 0.2) is 24.3 Å². The summed E-state index contributed by atoms with van der Waals surface area (Å²) in [6.45, 7) is 0.957. The highest BCUT2D eigenvalue weighted by molar-refractivity contribution is 7.91. The predicted octanol–water partition coefficient (Wildman–Crippen LogP) is 0.939. The maximum absolute atomic E-state index is 11.4. The Kier molecular flexibility index (Phi) is 4.09. The second kappa shape index (κ2) is 5.61. The summed E-state index contributed by atoms with van der Waals surface area (Å²) in [6, 6.07) is 7.60. The van der Waals surface area contributed by atoms with E-state index in [4.69, 9.17) is 5.11 Å². The largest absolute Gasteiger partial charge is 0.481 e. The van der Waals surface area contributed by atoms with Crippen molar-refractivity contribution in [3.63, 3.8) is 0 Å². The molecule has 0 aromatic heterocycles. The molecule has 5 nitrogen and oxygen atoms in total. The highest BCUT2D eigenvalue weighted by Crippen LogP contribution is 2.23. The highest BCUT2D eigenvalue weighted by atomic mass is 32.2. The molecule has 0 spiro atoms. The van der Waals surface area contributed by atoms with E-state index in [0.717, 1.165) is 11.3 Å². The molecule has 1 aliphatic rings. The van der Waals surface area contributed by atoms with Crippen molar-refractivity contribution in [2.75, 3.05) is 29.5 Å². The summed E-state index contributed by atoms with van der Waals surface area (Å²) in [5.74, 6) is -0.489. The van der Waals surface area contributed by atoms with Crippen LogP contribution in [0, 0.1) is 0 Å². The molecule has 6 heteroatoms. The molecule has 1 aliphatic heterocycles. The van der Waals surface area contributed by atoms with E-state index < -0.39 is 15.8 Å². The number of hydrogen-bond donors (Lipinski definition) is 1. The standard InChI is InChI=1S/C13H17NO4S/c15-13(16)6-5-11-3-1-2-4-12(11)14-7-9-19(17,18)10-8-14/h1-4H,5-10H2,(H,15,16). The lowest BCUT2D eigenvalue weighted by molar-refractivity contribution is -0.136. The summed E-state index contributed by atoms with van der Waals surface area (Å²) >= 11 is 0. The number of carbonyl (C=O) groups is 1. The number of aliphatic carboxylic acids is 1. The number of rotatable bonds is 4. The topological polar surface area (TPSA) is 74.7 Å². The number of hydrogen-bond acceptors (Lipinski definition) is 4. The molecule has 0 radical (unpaired) electrons. The maximum Gasteiger partial charge on any atom is 0.303 e. The fraction of sp³-hybridized carbons (Fsp3) is 0.462. The van der Waals surface area contributed by atoms with E-state index in [-0.39, 0.29) is 17.9 Å². The van der Waals surface area contributed by atoms with Gasteiger partial charge in [-0.2, -0.15) is 0 Å². The normalized spacial score (nSPS) is 18.2. The van der Waals surface area contributed by atoms with E-state index in [1.54, 1.807) is 0 Å². The van der Waals surface area contributed by atoms with Gasteiger partial charge in [0.15, 0.2) is 9.84 Å². The van der Waals surface area contributed by atoms with Crippen molar-refractivity contribution in [2.45, 2.75) is 12.8 Å². The smallest absolute Gasteiger partial charge is 0.303 e. The summed E-state index contributed by atoms with van der Waals surface area (Å²) in [6.07, 6.45) is 0.553. The molecule has 0 atom stereocenters. The third kappa shape index (κ3) is 3.70. The molecule has 0 saturated carbocycles. The lowest BCUT2D eigenvalue weighted by Gasteiger charge is -2.30. The molecule has 0 aliphatic carbocycles. The van der Waals surface area contributed by atoms with Crippen molar-refractivity contribution >= 4 is 21.5 Å². The van der Waals surface area contributed by atoms with Gasteiger partial charge >= 0.3 is 5.97 Å². The minimum Gasteiger partial charge on any atom is -0.481 e. The molecule has 19 heavy (non-hydrogen) atoms. The van der Waals surface area contributed by atoms with Crippen LogP contribution in [0.3, 0.4) is 0 Å². The van der Waals surface area contributed by atoms with E-state index in [2.05, 4.69) is 0 Å². The first-order valence-electron chi connectivity index (χ1n) is 6.23. The lowest BCUT2D eigenvalue weighted by atomic mass is 10.1. The Hall–Kier alpha value is -1.56. The molecule has 1 aromatic carbocycles. The zero-order valence-electron chi connectivity index (χ0n) is 10.6. The molecule has 1 heterocycles. The molecule has 0 unspecified atom stereocenters. The van der Waals surface area contributed by atoms with Crippen molar-refractivity contribution in [1.82, 2.24) is 0 Å². The van der Waals surface area contributed by atoms with Crippen molar-refractivity contribution in [3.05, 3.63) is 29.8 Å². The van der Waals surface area contributed by atoms with Crippen LogP contribution in [0.1, 0.15) is 12.0 Å². The van der Waals surface area contributed by atoms with Crippen LogP contribution in [-0.4, -0.2) is 44.1 Å². The minimum absolute atomic E-state index is 0.0865. The van der Waals surface area contributed by atoms with Crippen molar-refractivity contribution in [2.24, 2.45) is 0 Å². The van der Waals surface area contributed by atoms with Gasteiger partial charge in [0.25, 0.3) is 0 Å². The molecule has 1 aromatic rings. The monoisotopic (exact) mass is 283 g/mol.